The van der Waals surface area contributed by atoms with Crippen LogP contribution in [0.25, 0.3) is 0 Å². The van der Waals surface area contributed by atoms with Crippen molar-refractivity contribution in [2.45, 2.75) is 47.0 Å². The summed E-state index contributed by atoms with van der Waals surface area (Å²) in [6, 6.07) is 0. The topological polar surface area (TPSA) is 77.9 Å². The van der Waals surface area contributed by atoms with Gasteiger partial charge in [0.15, 0.2) is 0 Å². The Balaban J connectivity index is 2.76. The molecule has 0 saturated carbocycles. The molecule has 1 rings (SSSR count). The number of piperidine rings is 1. The van der Waals surface area contributed by atoms with Gasteiger partial charge in [0.05, 0.1) is 5.92 Å². The maximum absolute atomic E-state index is 12.6. The van der Waals surface area contributed by atoms with E-state index < -0.39 is 11.4 Å². The Kier molecular flexibility index (Phi) is 6.38. The van der Waals surface area contributed by atoms with Crippen LogP contribution in [0.3, 0.4) is 0 Å². The number of hydrogen-bond acceptors (Lipinski definition) is 3. The van der Waals surface area contributed by atoms with Crippen molar-refractivity contribution in [1.82, 2.24) is 9.80 Å². The molecule has 1 fully saturated rings. The van der Waals surface area contributed by atoms with Gasteiger partial charge in [-0.2, -0.15) is 0 Å². The quantitative estimate of drug-likeness (QED) is 0.836. The van der Waals surface area contributed by atoms with Gasteiger partial charge in [-0.15, -0.1) is 0 Å². The lowest BCUT2D eigenvalue weighted by Gasteiger charge is -2.37. The number of hydrogen-bond donors (Lipinski definition) is 1. The van der Waals surface area contributed by atoms with Crippen LogP contribution < -0.4 is 0 Å². The maximum atomic E-state index is 12.6. The van der Waals surface area contributed by atoms with Gasteiger partial charge >= 0.3 is 5.97 Å². The van der Waals surface area contributed by atoms with Crippen molar-refractivity contribution in [3.8, 4) is 0 Å². The highest BCUT2D eigenvalue weighted by atomic mass is 16.4. The first kappa shape index (κ1) is 18.5. The molecule has 2 amide bonds. The van der Waals surface area contributed by atoms with Crippen molar-refractivity contribution in [3.05, 3.63) is 0 Å². The molecule has 6 heteroatoms. The summed E-state index contributed by atoms with van der Waals surface area (Å²) < 4.78 is 0. The fourth-order valence-corrected chi connectivity index (χ4v) is 2.80. The predicted molar refractivity (Wildman–Crippen MR) is 83.3 cm³/mol. The van der Waals surface area contributed by atoms with Crippen LogP contribution in [0.1, 0.15) is 47.0 Å². The molecular weight excluding hydrogens is 284 g/mol. The number of rotatable bonds is 5. The number of likely N-dealkylation sites (tertiary alicyclic amines) is 1. The lowest BCUT2D eigenvalue weighted by atomic mass is 9.90. The molecule has 0 radical (unpaired) electrons. The lowest BCUT2D eigenvalue weighted by Crippen LogP contribution is -2.50. The molecule has 0 spiro atoms. The molecule has 1 unspecified atom stereocenters. The summed E-state index contributed by atoms with van der Waals surface area (Å²) in [7, 11) is 0. The van der Waals surface area contributed by atoms with E-state index in [0.29, 0.717) is 26.1 Å². The minimum absolute atomic E-state index is 0.0466. The summed E-state index contributed by atoms with van der Waals surface area (Å²) >= 11 is 0. The van der Waals surface area contributed by atoms with Crippen molar-refractivity contribution in [1.29, 1.82) is 0 Å². The zero-order valence-corrected chi connectivity index (χ0v) is 14.1. The fourth-order valence-electron chi connectivity index (χ4n) is 2.80. The average Bonchev–Trinajstić information content (AvgIpc) is 2.44. The van der Waals surface area contributed by atoms with Gasteiger partial charge in [-0.3, -0.25) is 14.4 Å². The van der Waals surface area contributed by atoms with Crippen LogP contribution in [0.5, 0.6) is 0 Å². The molecule has 6 nitrogen and oxygen atoms in total. The molecule has 1 saturated heterocycles. The molecule has 0 aliphatic carbocycles. The van der Waals surface area contributed by atoms with Crippen molar-refractivity contribution < 1.29 is 19.5 Å². The lowest BCUT2D eigenvalue weighted by molar-refractivity contribution is -0.150. The SMILES string of the molecule is CCCN(CC(=O)O)C(=O)C1CCCN(C(=O)C(C)(C)C)C1. The van der Waals surface area contributed by atoms with E-state index in [-0.39, 0.29) is 24.3 Å². The Morgan fingerprint density at radius 3 is 2.41 bits per heavy atom. The van der Waals surface area contributed by atoms with Crippen LogP contribution in [0.15, 0.2) is 0 Å². The van der Waals surface area contributed by atoms with Crippen LogP contribution >= 0.6 is 0 Å². The van der Waals surface area contributed by atoms with E-state index in [1.165, 1.54) is 4.90 Å². The maximum Gasteiger partial charge on any atom is 0.323 e. The Hall–Kier alpha value is -1.59. The minimum atomic E-state index is -1.000. The number of carbonyl (C=O) groups excluding carboxylic acids is 2. The standard InChI is InChI=1S/C16H28N2O4/c1-5-8-17(11-13(19)20)14(21)12-7-6-9-18(10-12)15(22)16(2,3)4/h12H,5-11H2,1-4H3,(H,19,20). The Bertz CT molecular complexity index is 428. The summed E-state index contributed by atoms with van der Waals surface area (Å²) in [6.45, 7) is 8.77. The molecule has 1 N–H and O–H groups in total. The molecule has 22 heavy (non-hydrogen) atoms. The van der Waals surface area contributed by atoms with E-state index in [4.69, 9.17) is 5.11 Å². The van der Waals surface area contributed by atoms with Crippen molar-refractivity contribution in [2.75, 3.05) is 26.2 Å². The smallest absolute Gasteiger partial charge is 0.323 e. The van der Waals surface area contributed by atoms with Gasteiger partial charge in [0.1, 0.15) is 6.54 Å². The Morgan fingerprint density at radius 2 is 1.91 bits per heavy atom. The number of amides is 2. The summed E-state index contributed by atoms with van der Waals surface area (Å²) in [6.07, 6.45) is 2.22. The van der Waals surface area contributed by atoms with E-state index in [2.05, 4.69) is 0 Å². The predicted octanol–water partition coefficient (Wildman–Crippen LogP) is 1.59. The number of carbonyl (C=O) groups is 3. The molecular formula is C16H28N2O4. The molecule has 0 aromatic rings. The van der Waals surface area contributed by atoms with Gasteiger partial charge in [0.2, 0.25) is 11.8 Å². The highest BCUT2D eigenvalue weighted by Crippen LogP contribution is 2.24. The fraction of sp³-hybridized carbons (Fsp3) is 0.812. The first-order chi connectivity index (χ1) is 10.2. The van der Waals surface area contributed by atoms with Gasteiger partial charge in [-0.1, -0.05) is 27.7 Å². The molecule has 1 heterocycles. The van der Waals surface area contributed by atoms with Gasteiger partial charge in [0.25, 0.3) is 0 Å². The first-order valence-electron chi connectivity index (χ1n) is 7.96. The molecule has 1 atom stereocenters. The largest absolute Gasteiger partial charge is 0.480 e. The van der Waals surface area contributed by atoms with Crippen LogP contribution in [-0.2, 0) is 14.4 Å². The van der Waals surface area contributed by atoms with E-state index in [1.807, 2.05) is 27.7 Å². The highest BCUT2D eigenvalue weighted by Gasteiger charge is 2.35. The van der Waals surface area contributed by atoms with Crippen molar-refractivity contribution in [3.63, 3.8) is 0 Å². The molecule has 1 aliphatic rings. The highest BCUT2D eigenvalue weighted by molar-refractivity contribution is 5.85. The molecule has 0 bridgehead atoms. The van der Waals surface area contributed by atoms with Crippen LogP contribution in [0.4, 0.5) is 0 Å². The number of carboxylic acids is 1. The third-order valence-electron chi connectivity index (χ3n) is 3.83. The number of carboxylic acid groups (broad SMARTS) is 1. The second kappa shape index (κ2) is 7.61. The normalized spacial score (nSPS) is 18.9. The van der Waals surface area contributed by atoms with Gasteiger partial charge < -0.3 is 14.9 Å². The monoisotopic (exact) mass is 312 g/mol. The summed E-state index contributed by atoms with van der Waals surface area (Å²) in [5.74, 6) is -1.38. The third kappa shape index (κ3) is 5.00. The second-order valence-electron chi connectivity index (χ2n) is 6.99. The van der Waals surface area contributed by atoms with Crippen LogP contribution in [-0.4, -0.2) is 58.9 Å². The molecule has 126 valence electrons. The summed E-state index contributed by atoms with van der Waals surface area (Å²) in [4.78, 5) is 39.0. The van der Waals surface area contributed by atoms with E-state index in [0.717, 1.165) is 12.8 Å². The Morgan fingerprint density at radius 1 is 1.27 bits per heavy atom. The number of nitrogens with zero attached hydrogens (tertiary/aromatic N) is 2. The van der Waals surface area contributed by atoms with Gasteiger partial charge in [0, 0.05) is 25.0 Å². The van der Waals surface area contributed by atoms with Crippen molar-refractivity contribution in [2.24, 2.45) is 11.3 Å². The zero-order chi connectivity index (χ0) is 16.9. The van der Waals surface area contributed by atoms with E-state index in [1.54, 1.807) is 4.90 Å². The van der Waals surface area contributed by atoms with Gasteiger partial charge in [-0.05, 0) is 19.3 Å². The summed E-state index contributed by atoms with van der Waals surface area (Å²) in [5, 5.41) is 8.95. The average molecular weight is 312 g/mol. The third-order valence-corrected chi connectivity index (χ3v) is 3.83. The molecule has 1 aliphatic heterocycles. The first-order valence-corrected chi connectivity index (χ1v) is 7.96. The van der Waals surface area contributed by atoms with Gasteiger partial charge in [-0.25, -0.2) is 0 Å². The second-order valence-corrected chi connectivity index (χ2v) is 6.99. The van der Waals surface area contributed by atoms with Crippen LogP contribution in [0, 0.1) is 11.3 Å². The Labute approximate surface area is 132 Å². The molecule has 0 aromatic heterocycles. The minimum Gasteiger partial charge on any atom is -0.480 e. The van der Waals surface area contributed by atoms with E-state index in [9.17, 15) is 14.4 Å². The molecule has 0 aromatic carbocycles. The number of aliphatic carboxylic acids is 1. The summed E-state index contributed by atoms with van der Waals surface area (Å²) in [5.41, 5.74) is -0.463. The van der Waals surface area contributed by atoms with E-state index >= 15 is 0 Å². The van der Waals surface area contributed by atoms with Crippen molar-refractivity contribution >= 4 is 17.8 Å². The van der Waals surface area contributed by atoms with Crippen LogP contribution in [0.2, 0.25) is 0 Å². The zero-order valence-electron chi connectivity index (χ0n) is 14.1.